The number of nitrogens with zero attached hydrogens (tertiary/aromatic N) is 2. The number of guanidine groups is 1. The van der Waals surface area contributed by atoms with Crippen LogP contribution in [0.25, 0.3) is 0 Å². The summed E-state index contributed by atoms with van der Waals surface area (Å²) in [5.74, 6) is -10.9. The zero-order valence-corrected chi connectivity index (χ0v) is 35.2. The van der Waals surface area contributed by atoms with Crippen molar-refractivity contribution in [3.8, 4) is 0 Å². The van der Waals surface area contributed by atoms with Crippen LogP contribution in [0.4, 0.5) is 0 Å². The lowest BCUT2D eigenvalue weighted by molar-refractivity contribution is -0.141. The Morgan fingerprint density at radius 3 is 1.77 bits per heavy atom. The van der Waals surface area contributed by atoms with Crippen molar-refractivity contribution in [3.63, 3.8) is 0 Å². The molecule has 0 radical (unpaired) electrons. The monoisotopic (exact) mass is 883 g/mol. The van der Waals surface area contributed by atoms with Gasteiger partial charge < -0.3 is 74.8 Å². The maximum absolute atomic E-state index is 13.6. The molecular weight excluding hydrogens is 822 g/mol. The second-order valence-electron chi connectivity index (χ2n) is 15.0. The number of hydrogen-bond acceptors (Lipinski definition) is 13. The van der Waals surface area contributed by atoms with Crippen molar-refractivity contribution >= 4 is 71.1 Å². The summed E-state index contributed by atoms with van der Waals surface area (Å²) in [7, 11) is 0. The largest absolute Gasteiger partial charge is 0.481 e. The van der Waals surface area contributed by atoms with Crippen LogP contribution in [0.15, 0.2) is 4.99 Å². The molecule has 0 saturated carbocycles. The fourth-order valence-electron chi connectivity index (χ4n) is 5.96. The zero-order valence-electron chi connectivity index (χ0n) is 35.2. The summed E-state index contributed by atoms with van der Waals surface area (Å²) in [6.07, 6.45) is 0.315. The number of carboxylic acid groups (broad SMARTS) is 2. The van der Waals surface area contributed by atoms with Gasteiger partial charge >= 0.3 is 11.9 Å². The summed E-state index contributed by atoms with van der Waals surface area (Å²) in [6, 6.07) is -6.16. The molecule has 348 valence electrons. The van der Waals surface area contributed by atoms with E-state index in [0.717, 1.165) is 0 Å². The minimum absolute atomic E-state index is 0.0375. The lowest BCUT2D eigenvalue weighted by Crippen LogP contribution is -2.58. The summed E-state index contributed by atoms with van der Waals surface area (Å²) in [4.78, 5) is 143. The molecule has 0 bridgehead atoms. The first kappa shape index (κ1) is 53.4. The Morgan fingerprint density at radius 2 is 1.24 bits per heavy atom. The van der Waals surface area contributed by atoms with Crippen molar-refractivity contribution < 1.29 is 63.0 Å². The lowest BCUT2D eigenvalue weighted by Gasteiger charge is -2.27. The number of carbonyl (C=O) groups is 11. The first-order valence-corrected chi connectivity index (χ1v) is 19.8. The van der Waals surface area contributed by atoms with E-state index in [1.54, 1.807) is 13.8 Å². The molecule has 1 fully saturated rings. The molecule has 0 spiro atoms. The highest BCUT2D eigenvalue weighted by Crippen LogP contribution is 2.18. The van der Waals surface area contributed by atoms with Gasteiger partial charge in [0.05, 0.1) is 32.6 Å². The quantitative estimate of drug-likeness (QED) is 0.0207. The van der Waals surface area contributed by atoms with Crippen LogP contribution in [-0.4, -0.2) is 162 Å². The highest BCUT2D eigenvalue weighted by atomic mass is 16.4. The summed E-state index contributed by atoms with van der Waals surface area (Å²) in [6.45, 7) is 4.09. The number of aliphatic carboxylic acids is 2. The molecule has 1 aliphatic heterocycles. The average molecular weight is 884 g/mol. The Kier molecular flexibility index (Phi) is 23.5. The van der Waals surface area contributed by atoms with Crippen LogP contribution < -0.4 is 59.7 Å². The first-order chi connectivity index (χ1) is 29.0. The molecular formula is C36H61N13O13. The van der Waals surface area contributed by atoms with Crippen LogP contribution in [0.3, 0.4) is 0 Å². The summed E-state index contributed by atoms with van der Waals surface area (Å²) >= 11 is 0. The molecule has 62 heavy (non-hydrogen) atoms. The topological polar surface area (TPSA) is 418 Å². The number of rotatable bonds is 27. The standard InChI is InChI=1S/C36H61N13O13/c1-18(2)11-21(47-34(61)23-8-6-10-49(23)27(53)13-37)32(59)44-16-26(52)48-30(19(3)4)35(62)46-20(7-5-9-40-36(38)39)31(58)43-15-25(51)45-22(12-28(54)55)33(60)42-14-24(50)41-17-29(56)57/h18-23,30H,5-17,37H2,1-4H3,(H,41,50)(H,42,60)(H,43,58)(H,44,59)(H,45,51)(H,46,62)(H,47,61)(H,48,52)(H,54,55)(H,56,57)(H4,38,39,40)/t20-,21-,22-,23-,30-/m0/s1. The third-order valence-electron chi connectivity index (χ3n) is 8.97. The molecule has 16 N–H and O–H groups in total. The van der Waals surface area contributed by atoms with Gasteiger partial charge in [0.2, 0.25) is 53.2 Å². The van der Waals surface area contributed by atoms with Gasteiger partial charge in [0.15, 0.2) is 5.96 Å². The predicted molar refractivity (Wildman–Crippen MR) is 218 cm³/mol. The third kappa shape index (κ3) is 20.6. The molecule has 1 aliphatic rings. The van der Waals surface area contributed by atoms with Crippen LogP contribution in [-0.2, 0) is 52.7 Å². The Balaban J connectivity index is 2.99. The van der Waals surface area contributed by atoms with Gasteiger partial charge in [-0.25, -0.2) is 0 Å². The summed E-state index contributed by atoms with van der Waals surface area (Å²) in [5, 5.41) is 36.5. The molecule has 0 aliphatic carbocycles. The van der Waals surface area contributed by atoms with Crippen molar-refractivity contribution in [3.05, 3.63) is 0 Å². The van der Waals surface area contributed by atoms with E-state index >= 15 is 0 Å². The molecule has 0 aromatic rings. The van der Waals surface area contributed by atoms with Crippen molar-refractivity contribution in [1.82, 2.24) is 47.4 Å². The van der Waals surface area contributed by atoms with Crippen molar-refractivity contribution in [2.45, 2.75) is 96.4 Å². The van der Waals surface area contributed by atoms with Gasteiger partial charge in [-0.05, 0) is 43.9 Å². The van der Waals surface area contributed by atoms with E-state index in [2.05, 4.69) is 42.2 Å². The Labute approximate surface area is 357 Å². The van der Waals surface area contributed by atoms with E-state index in [9.17, 15) is 57.8 Å². The van der Waals surface area contributed by atoms with Gasteiger partial charge in [0.25, 0.3) is 0 Å². The molecule has 9 amide bonds. The number of nitrogens with one attached hydrogen (secondary N) is 8. The summed E-state index contributed by atoms with van der Waals surface area (Å²) in [5.41, 5.74) is 16.2. The fourth-order valence-corrected chi connectivity index (χ4v) is 5.96. The molecule has 5 atom stereocenters. The minimum atomic E-state index is -1.71. The van der Waals surface area contributed by atoms with Crippen LogP contribution in [0.5, 0.6) is 0 Å². The second kappa shape index (κ2) is 27.3. The lowest BCUT2D eigenvalue weighted by atomic mass is 10.0. The van der Waals surface area contributed by atoms with Gasteiger partial charge in [-0.1, -0.05) is 27.7 Å². The number of hydrogen-bond donors (Lipinski definition) is 13. The highest BCUT2D eigenvalue weighted by Gasteiger charge is 2.36. The van der Waals surface area contributed by atoms with Crippen LogP contribution >= 0.6 is 0 Å². The Hall–Kier alpha value is -6.60. The van der Waals surface area contributed by atoms with Crippen molar-refractivity contribution in [2.75, 3.05) is 45.8 Å². The Morgan fingerprint density at radius 1 is 0.677 bits per heavy atom. The SMILES string of the molecule is CC(C)C[C@H](NC(=O)[C@@H]1CCCN1C(=O)CN)C(=O)NCC(=O)N[C@H](C(=O)N[C@@H](CCCN=C(N)N)C(=O)NCC(=O)N[C@@H](CC(=O)O)C(=O)NCC(=O)NCC(=O)O)C(C)C. The molecule has 1 heterocycles. The average Bonchev–Trinajstić information content (AvgIpc) is 3.69. The number of carboxylic acids is 2. The van der Waals surface area contributed by atoms with Gasteiger partial charge in [0, 0.05) is 13.1 Å². The maximum Gasteiger partial charge on any atom is 0.322 e. The van der Waals surface area contributed by atoms with Crippen LogP contribution in [0.1, 0.15) is 66.2 Å². The van der Waals surface area contributed by atoms with Gasteiger partial charge in [-0.2, -0.15) is 0 Å². The first-order valence-electron chi connectivity index (χ1n) is 19.8. The maximum atomic E-state index is 13.6. The molecule has 26 heteroatoms. The normalized spacial score (nSPS) is 15.1. The van der Waals surface area contributed by atoms with E-state index in [4.69, 9.17) is 22.3 Å². The minimum Gasteiger partial charge on any atom is -0.481 e. The van der Waals surface area contributed by atoms with E-state index in [-0.39, 0.29) is 44.2 Å². The van der Waals surface area contributed by atoms with Crippen molar-refractivity contribution in [1.29, 1.82) is 0 Å². The number of amides is 9. The second-order valence-corrected chi connectivity index (χ2v) is 15.0. The predicted octanol–water partition coefficient (Wildman–Crippen LogP) is -6.34. The number of likely N-dealkylation sites (tertiary alicyclic amines) is 1. The van der Waals surface area contributed by atoms with Crippen LogP contribution in [0, 0.1) is 11.8 Å². The molecule has 1 rings (SSSR count). The zero-order chi connectivity index (χ0) is 47.1. The van der Waals surface area contributed by atoms with Gasteiger partial charge in [0.1, 0.15) is 36.8 Å². The van der Waals surface area contributed by atoms with E-state index < -0.39 is 134 Å². The third-order valence-corrected chi connectivity index (χ3v) is 8.97. The fraction of sp³-hybridized carbons (Fsp3) is 0.667. The molecule has 0 aromatic heterocycles. The highest BCUT2D eigenvalue weighted by molar-refractivity contribution is 5.97. The molecule has 1 saturated heterocycles. The number of nitrogens with two attached hydrogens (primary N) is 3. The van der Waals surface area contributed by atoms with Gasteiger partial charge in [-0.3, -0.25) is 57.7 Å². The van der Waals surface area contributed by atoms with Crippen molar-refractivity contribution in [2.24, 2.45) is 34.0 Å². The molecule has 26 nitrogen and oxygen atoms in total. The Bertz CT molecular complexity index is 1670. The summed E-state index contributed by atoms with van der Waals surface area (Å²) < 4.78 is 0. The van der Waals surface area contributed by atoms with E-state index in [0.29, 0.717) is 19.4 Å². The number of aliphatic imine (C=N–C) groups is 1. The van der Waals surface area contributed by atoms with Gasteiger partial charge in [-0.15, -0.1) is 0 Å². The van der Waals surface area contributed by atoms with E-state index in [1.165, 1.54) is 4.90 Å². The number of carbonyl (C=O) groups excluding carboxylic acids is 9. The molecule has 0 aromatic carbocycles. The molecule has 0 unspecified atom stereocenters. The van der Waals surface area contributed by atoms with Crippen LogP contribution in [0.2, 0.25) is 0 Å². The van der Waals surface area contributed by atoms with E-state index in [1.807, 2.05) is 19.2 Å². The smallest absolute Gasteiger partial charge is 0.322 e.